The van der Waals surface area contributed by atoms with Gasteiger partial charge in [0.2, 0.25) is 0 Å². The van der Waals surface area contributed by atoms with Crippen LogP contribution in [0.5, 0.6) is 0 Å². The summed E-state index contributed by atoms with van der Waals surface area (Å²) in [7, 11) is 0. The molecule has 0 aromatic rings. The largest absolute Gasteiger partial charge is 0.480 e. The molecule has 0 aromatic heterocycles. The maximum absolute atomic E-state index is 12.0. The van der Waals surface area contributed by atoms with Crippen LogP contribution in [-0.2, 0) is 4.79 Å². The number of aliphatic hydroxyl groups is 1. The number of nitrogens with zero attached hydrogens (tertiary/aromatic N) is 1. The number of urea groups is 1. The van der Waals surface area contributed by atoms with Crippen LogP contribution in [0.2, 0.25) is 0 Å². The van der Waals surface area contributed by atoms with Gasteiger partial charge in [-0.05, 0) is 19.1 Å². The molecule has 0 unspecified atom stereocenters. The van der Waals surface area contributed by atoms with Crippen molar-refractivity contribution in [1.82, 2.24) is 10.2 Å². The fourth-order valence-electron chi connectivity index (χ4n) is 2.63. The third-order valence-corrected chi connectivity index (χ3v) is 5.50. The number of likely N-dealkylation sites (tertiary alicyclic amines) is 1. The van der Waals surface area contributed by atoms with Crippen LogP contribution in [0, 0.1) is 0 Å². The molecule has 1 aliphatic carbocycles. The average molecular weight is 288 g/mol. The molecule has 0 bridgehead atoms. The lowest BCUT2D eigenvalue weighted by Gasteiger charge is -2.40. The van der Waals surface area contributed by atoms with Crippen molar-refractivity contribution in [2.24, 2.45) is 0 Å². The first-order chi connectivity index (χ1) is 8.97. The smallest absolute Gasteiger partial charge is 0.326 e. The number of carboxylic acids is 1. The van der Waals surface area contributed by atoms with Gasteiger partial charge in [0.05, 0.1) is 6.10 Å². The number of hydrogen-bond acceptors (Lipinski definition) is 4. The third-order valence-electron chi connectivity index (χ3n) is 4.08. The highest BCUT2D eigenvalue weighted by atomic mass is 32.2. The van der Waals surface area contributed by atoms with Crippen LogP contribution >= 0.6 is 11.8 Å². The van der Waals surface area contributed by atoms with E-state index in [1.54, 1.807) is 11.8 Å². The number of hydrogen-bond donors (Lipinski definition) is 3. The number of carbonyl (C=O) groups is 2. The molecule has 2 fully saturated rings. The van der Waals surface area contributed by atoms with E-state index in [4.69, 9.17) is 5.11 Å². The molecule has 6 nitrogen and oxygen atoms in total. The number of thioether (sulfide) groups is 1. The normalized spacial score (nSPS) is 28.8. The Morgan fingerprint density at radius 2 is 2.16 bits per heavy atom. The van der Waals surface area contributed by atoms with E-state index in [0.717, 1.165) is 12.8 Å². The number of carbonyl (C=O) groups excluding carboxylic acids is 1. The highest BCUT2D eigenvalue weighted by Gasteiger charge is 2.41. The van der Waals surface area contributed by atoms with Gasteiger partial charge in [0.25, 0.3) is 0 Å². The van der Waals surface area contributed by atoms with Crippen LogP contribution in [0.4, 0.5) is 4.79 Å². The van der Waals surface area contributed by atoms with Gasteiger partial charge < -0.3 is 20.4 Å². The van der Waals surface area contributed by atoms with Crippen LogP contribution in [0.3, 0.4) is 0 Å². The van der Waals surface area contributed by atoms with Crippen molar-refractivity contribution in [3.63, 3.8) is 0 Å². The van der Waals surface area contributed by atoms with Gasteiger partial charge in [-0.25, -0.2) is 9.59 Å². The second kappa shape index (κ2) is 5.58. The zero-order valence-electron chi connectivity index (χ0n) is 11.0. The zero-order chi connectivity index (χ0) is 14.0. The quantitative estimate of drug-likeness (QED) is 0.701. The standard InChI is InChI=1S/C12H20N2O4S/c1-19-12(3-2-4-12)7-13-11(18)14-6-8(15)5-9(14)10(16)17/h8-9,15H,2-7H2,1H3,(H,13,18)(H,16,17)/t8-,9-/m0/s1. The molecule has 2 atom stereocenters. The summed E-state index contributed by atoms with van der Waals surface area (Å²) in [6, 6.07) is -1.30. The van der Waals surface area contributed by atoms with Crippen LogP contribution in [-0.4, -0.2) is 63.4 Å². The van der Waals surface area contributed by atoms with Gasteiger partial charge in [-0.3, -0.25) is 0 Å². The first kappa shape index (κ1) is 14.5. The molecule has 19 heavy (non-hydrogen) atoms. The number of rotatable bonds is 4. The molecule has 3 N–H and O–H groups in total. The predicted molar refractivity (Wildman–Crippen MR) is 72.2 cm³/mol. The van der Waals surface area contributed by atoms with Crippen molar-refractivity contribution in [3.8, 4) is 0 Å². The number of nitrogens with one attached hydrogen (secondary N) is 1. The van der Waals surface area contributed by atoms with E-state index >= 15 is 0 Å². The van der Waals surface area contributed by atoms with E-state index in [9.17, 15) is 14.7 Å². The minimum absolute atomic E-state index is 0.0923. The lowest BCUT2D eigenvalue weighted by molar-refractivity contribution is -0.141. The van der Waals surface area contributed by atoms with Crippen LogP contribution in [0.1, 0.15) is 25.7 Å². The molecule has 2 amide bonds. The molecule has 1 saturated carbocycles. The van der Waals surface area contributed by atoms with Gasteiger partial charge in [-0.1, -0.05) is 6.42 Å². The summed E-state index contributed by atoms with van der Waals surface area (Å²) in [6.07, 6.45) is 4.74. The maximum Gasteiger partial charge on any atom is 0.326 e. The summed E-state index contributed by atoms with van der Waals surface area (Å²) in [5.74, 6) is -1.06. The molecule has 2 rings (SSSR count). The molecule has 0 spiro atoms. The van der Waals surface area contributed by atoms with E-state index < -0.39 is 18.1 Å². The SMILES string of the molecule is CSC1(CNC(=O)N2C[C@@H](O)C[C@H]2C(=O)O)CCC1. The van der Waals surface area contributed by atoms with Crippen LogP contribution in [0.15, 0.2) is 0 Å². The fraction of sp³-hybridized carbons (Fsp3) is 0.833. The fourth-order valence-corrected chi connectivity index (χ4v) is 3.55. The Balaban J connectivity index is 1.90. The van der Waals surface area contributed by atoms with Crippen LogP contribution < -0.4 is 5.32 Å². The molecule has 7 heteroatoms. The summed E-state index contributed by atoms with van der Waals surface area (Å²) in [6.45, 7) is 0.654. The van der Waals surface area contributed by atoms with Gasteiger partial charge in [-0.15, -0.1) is 0 Å². The van der Waals surface area contributed by atoms with Crippen molar-refractivity contribution >= 4 is 23.8 Å². The number of β-amino-alcohol motifs (C(OH)–C–C–N with tert-alkyl or cyclic N) is 1. The van der Waals surface area contributed by atoms with E-state index in [-0.39, 0.29) is 23.7 Å². The number of carboxylic acid groups (broad SMARTS) is 1. The lowest BCUT2D eigenvalue weighted by Crippen LogP contribution is -2.51. The topological polar surface area (TPSA) is 89.9 Å². The minimum Gasteiger partial charge on any atom is -0.480 e. The third kappa shape index (κ3) is 2.97. The lowest BCUT2D eigenvalue weighted by atomic mass is 9.84. The van der Waals surface area contributed by atoms with Crippen LogP contribution in [0.25, 0.3) is 0 Å². The van der Waals surface area contributed by atoms with E-state index in [1.807, 2.05) is 6.26 Å². The first-order valence-corrected chi connectivity index (χ1v) is 7.70. The molecule has 0 aromatic carbocycles. The van der Waals surface area contributed by atoms with E-state index in [0.29, 0.717) is 6.54 Å². The van der Waals surface area contributed by atoms with Gasteiger partial charge in [0, 0.05) is 24.3 Å². The highest BCUT2D eigenvalue weighted by molar-refractivity contribution is 8.00. The van der Waals surface area contributed by atoms with Gasteiger partial charge >= 0.3 is 12.0 Å². The molecule has 108 valence electrons. The van der Waals surface area contributed by atoms with Gasteiger partial charge in [-0.2, -0.15) is 11.8 Å². The molecule has 1 aliphatic heterocycles. The molecular weight excluding hydrogens is 268 g/mol. The Kier molecular flexibility index (Phi) is 4.25. The molecular formula is C12H20N2O4S. The van der Waals surface area contributed by atoms with Crippen molar-refractivity contribution in [2.45, 2.75) is 42.6 Å². The predicted octanol–water partition coefficient (Wildman–Crippen LogP) is 0.501. The molecule has 1 saturated heterocycles. The first-order valence-electron chi connectivity index (χ1n) is 6.48. The molecule has 2 aliphatic rings. The number of aliphatic carboxylic acids is 1. The molecule has 1 heterocycles. The van der Waals surface area contributed by atoms with Gasteiger partial charge in [0.15, 0.2) is 0 Å². The minimum atomic E-state index is -1.06. The van der Waals surface area contributed by atoms with Crippen molar-refractivity contribution in [3.05, 3.63) is 0 Å². The van der Waals surface area contributed by atoms with Crippen molar-refractivity contribution in [1.29, 1.82) is 0 Å². The number of aliphatic hydroxyl groups excluding tert-OH is 1. The highest BCUT2D eigenvalue weighted by Crippen LogP contribution is 2.42. The summed E-state index contributed by atoms with van der Waals surface area (Å²) in [4.78, 5) is 24.3. The molecule has 0 radical (unpaired) electrons. The van der Waals surface area contributed by atoms with Gasteiger partial charge in [0.1, 0.15) is 6.04 Å². The maximum atomic E-state index is 12.0. The average Bonchev–Trinajstić information content (AvgIpc) is 2.70. The monoisotopic (exact) mass is 288 g/mol. The van der Waals surface area contributed by atoms with Crippen molar-refractivity contribution < 1.29 is 19.8 Å². The van der Waals surface area contributed by atoms with E-state index in [1.165, 1.54) is 11.3 Å². The summed E-state index contributed by atoms with van der Waals surface area (Å²) in [5.41, 5.74) is 0. The Hall–Kier alpha value is -0.950. The summed E-state index contributed by atoms with van der Waals surface area (Å²) >= 11 is 1.75. The summed E-state index contributed by atoms with van der Waals surface area (Å²) in [5, 5.41) is 21.4. The number of amides is 2. The second-order valence-electron chi connectivity index (χ2n) is 5.30. The Labute approximate surface area is 116 Å². The second-order valence-corrected chi connectivity index (χ2v) is 6.57. The Morgan fingerprint density at radius 3 is 2.63 bits per heavy atom. The summed E-state index contributed by atoms with van der Waals surface area (Å²) < 4.78 is 0.118. The zero-order valence-corrected chi connectivity index (χ0v) is 11.8. The Morgan fingerprint density at radius 1 is 1.47 bits per heavy atom. The van der Waals surface area contributed by atoms with E-state index in [2.05, 4.69) is 5.32 Å². The Bertz CT molecular complexity index is 367. The van der Waals surface area contributed by atoms with Crippen molar-refractivity contribution in [2.75, 3.05) is 19.3 Å².